The molecule has 3 rings (SSSR count). The number of rotatable bonds is 3. The molecule has 2 heterocycles. The monoisotopic (exact) mass is 344 g/mol. The number of alkyl halides is 3. The van der Waals surface area contributed by atoms with Gasteiger partial charge in [0.1, 0.15) is 0 Å². The zero-order chi connectivity index (χ0) is 17.2. The van der Waals surface area contributed by atoms with E-state index in [1.54, 1.807) is 4.90 Å². The number of hydrogen-bond donors (Lipinski definition) is 0. The van der Waals surface area contributed by atoms with Crippen molar-refractivity contribution in [1.82, 2.24) is 9.80 Å². The largest absolute Gasteiger partial charge is 0.416 e. The highest BCUT2D eigenvalue weighted by Crippen LogP contribution is 2.29. The average Bonchev–Trinajstić information content (AvgIpc) is 3.07. The molecule has 0 bridgehead atoms. The maximum atomic E-state index is 12.6. The van der Waals surface area contributed by atoms with Gasteiger partial charge >= 0.3 is 6.18 Å². The van der Waals surface area contributed by atoms with Gasteiger partial charge in [0.15, 0.2) is 6.29 Å². The summed E-state index contributed by atoms with van der Waals surface area (Å²) in [7, 11) is 0. The summed E-state index contributed by atoms with van der Waals surface area (Å²) >= 11 is 0. The minimum absolute atomic E-state index is 0.206. The summed E-state index contributed by atoms with van der Waals surface area (Å²) in [6.45, 7) is 4.33. The number of benzene rings is 1. The van der Waals surface area contributed by atoms with Crippen molar-refractivity contribution in [3.63, 3.8) is 0 Å². The van der Waals surface area contributed by atoms with Crippen LogP contribution in [0.15, 0.2) is 24.3 Å². The molecule has 0 spiro atoms. The third kappa shape index (κ3) is 4.06. The van der Waals surface area contributed by atoms with E-state index in [4.69, 9.17) is 9.47 Å². The number of carbonyl (C=O) groups excluding carboxylic acids is 1. The van der Waals surface area contributed by atoms with Crippen molar-refractivity contribution in [3.05, 3.63) is 35.4 Å². The first-order valence-electron chi connectivity index (χ1n) is 7.85. The normalized spacial score (nSPS) is 20.5. The zero-order valence-corrected chi connectivity index (χ0v) is 13.1. The zero-order valence-electron chi connectivity index (χ0n) is 13.1. The van der Waals surface area contributed by atoms with E-state index >= 15 is 0 Å². The Kier molecular flexibility index (Phi) is 5.07. The van der Waals surface area contributed by atoms with Gasteiger partial charge in [0, 0.05) is 38.3 Å². The molecule has 0 radical (unpaired) electrons. The molecule has 1 aromatic carbocycles. The molecule has 0 atom stereocenters. The van der Waals surface area contributed by atoms with Crippen molar-refractivity contribution in [2.45, 2.75) is 12.5 Å². The Bertz CT molecular complexity index is 563. The van der Waals surface area contributed by atoms with E-state index in [2.05, 4.69) is 4.90 Å². The predicted octanol–water partition coefficient (Wildman–Crippen LogP) is 1.84. The molecule has 0 aliphatic carbocycles. The highest BCUT2D eigenvalue weighted by molar-refractivity contribution is 5.94. The van der Waals surface area contributed by atoms with E-state index in [-0.39, 0.29) is 17.8 Å². The van der Waals surface area contributed by atoms with Crippen LogP contribution in [0.4, 0.5) is 13.2 Å². The van der Waals surface area contributed by atoms with Crippen molar-refractivity contribution in [1.29, 1.82) is 0 Å². The minimum atomic E-state index is -4.39. The SMILES string of the molecule is O=C(c1ccc(C(F)(F)F)cc1)N1CCN(CC2OCCO2)CC1. The average molecular weight is 344 g/mol. The summed E-state index contributed by atoms with van der Waals surface area (Å²) in [6, 6.07) is 4.35. The van der Waals surface area contributed by atoms with Gasteiger partial charge in [-0.2, -0.15) is 13.2 Å². The van der Waals surface area contributed by atoms with Crippen LogP contribution in [0.5, 0.6) is 0 Å². The molecular formula is C16H19F3N2O3. The van der Waals surface area contributed by atoms with E-state index in [9.17, 15) is 18.0 Å². The van der Waals surface area contributed by atoms with E-state index in [1.165, 1.54) is 12.1 Å². The van der Waals surface area contributed by atoms with E-state index in [1.807, 2.05) is 0 Å². The van der Waals surface area contributed by atoms with Crippen molar-refractivity contribution >= 4 is 5.91 Å². The molecular weight excluding hydrogens is 325 g/mol. The van der Waals surface area contributed by atoms with Gasteiger partial charge in [-0.25, -0.2) is 0 Å². The molecule has 0 unspecified atom stereocenters. The van der Waals surface area contributed by atoms with Crippen molar-refractivity contribution < 1.29 is 27.4 Å². The quantitative estimate of drug-likeness (QED) is 0.839. The van der Waals surface area contributed by atoms with Crippen molar-refractivity contribution in [2.75, 3.05) is 45.9 Å². The summed E-state index contributed by atoms with van der Waals surface area (Å²) in [5.41, 5.74) is -0.473. The second-order valence-corrected chi connectivity index (χ2v) is 5.84. The Morgan fingerprint density at radius 2 is 1.62 bits per heavy atom. The molecule has 2 aliphatic rings. The molecule has 1 amide bonds. The van der Waals surface area contributed by atoms with E-state index < -0.39 is 11.7 Å². The molecule has 132 valence electrons. The lowest BCUT2D eigenvalue weighted by molar-refractivity contribution is -0.137. The van der Waals surface area contributed by atoms with Gasteiger partial charge in [-0.15, -0.1) is 0 Å². The number of hydrogen-bond acceptors (Lipinski definition) is 4. The number of nitrogens with zero attached hydrogens (tertiary/aromatic N) is 2. The van der Waals surface area contributed by atoms with Crippen molar-refractivity contribution in [3.8, 4) is 0 Å². The van der Waals surface area contributed by atoms with Crippen LogP contribution in [0.25, 0.3) is 0 Å². The second-order valence-electron chi connectivity index (χ2n) is 5.84. The highest BCUT2D eigenvalue weighted by Gasteiger charge is 2.31. The molecule has 2 saturated heterocycles. The van der Waals surface area contributed by atoms with Gasteiger partial charge in [0.05, 0.1) is 18.8 Å². The number of piperazine rings is 1. The van der Waals surface area contributed by atoms with Gasteiger partial charge in [-0.05, 0) is 24.3 Å². The first-order chi connectivity index (χ1) is 11.4. The van der Waals surface area contributed by atoms with Crippen LogP contribution in [0, 0.1) is 0 Å². The van der Waals surface area contributed by atoms with Gasteiger partial charge in [-0.1, -0.05) is 0 Å². The maximum absolute atomic E-state index is 12.6. The number of amides is 1. The summed E-state index contributed by atoms with van der Waals surface area (Å²) in [5, 5.41) is 0. The van der Waals surface area contributed by atoms with Gasteiger partial charge in [-0.3, -0.25) is 9.69 Å². The fourth-order valence-corrected chi connectivity index (χ4v) is 2.84. The summed E-state index contributed by atoms with van der Waals surface area (Å²) in [6.07, 6.45) is -4.60. The molecule has 0 saturated carbocycles. The van der Waals surface area contributed by atoms with E-state index in [0.717, 1.165) is 12.1 Å². The lowest BCUT2D eigenvalue weighted by Crippen LogP contribution is -2.50. The molecule has 0 N–H and O–H groups in total. The van der Waals surface area contributed by atoms with Crippen LogP contribution in [0.2, 0.25) is 0 Å². The third-order valence-electron chi connectivity index (χ3n) is 4.22. The minimum Gasteiger partial charge on any atom is -0.349 e. The first-order valence-corrected chi connectivity index (χ1v) is 7.85. The van der Waals surface area contributed by atoms with Crippen molar-refractivity contribution in [2.24, 2.45) is 0 Å². The molecule has 8 heteroatoms. The Hall–Kier alpha value is -1.64. The summed E-state index contributed by atoms with van der Waals surface area (Å²) < 4.78 is 48.5. The topological polar surface area (TPSA) is 42.0 Å². The summed E-state index contributed by atoms with van der Waals surface area (Å²) in [5.74, 6) is -0.239. The van der Waals surface area contributed by atoms with Gasteiger partial charge < -0.3 is 14.4 Å². The van der Waals surface area contributed by atoms with Crippen LogP contribution < -0.4 is 0 Å². The van der Waals surface area contributed by atoms with Crippen LogP contribution in [-0.4, -0.2) is 67.9 Å². The maximum Gasteiger partial charge on any atom is 0.416 e. The van der Waals surface area contributed by atoms with Crippen LogP contribution in [0.1, 0.15) is 15.9 Å². The van der Waals surface area contributed by atoms with Crippen LogP contribution >= 0.6 is 0 Å². The van der Waals surface area contributed by atoms with Gasteiger partial charge in [0.2, 0.25) is 0 Å². The van der Waals surface area contributed by atoms with Crippen LogP contribution in [-0.2, 0) is 15.7 Å². The third-order valence-corrected chi connectivity index (χ3v) is 4.22. The second kappa shape index (κ2) is 7.08. The lowest BCUT2D eigenvalue weighted by atomic mass is 10.1. The predicted molar refractivity (Wildman–Crippen MR) is 79.5 cm³/mol. The molecule has 2 aliphatic heterocycles. The molecule has 0 aromatic heterocycles. The number of carbonyl (C=O) groups is 1. The molecule has 24 heavy (non-hydrogen) atoms. The fourth-order valence-electron chi connectivity index (χ4n) is 2.84. The van der Waals surface area contributed by atoms with E-state index in [0.29, 0.717) is 45.9 Å². The standard InChI is InChI=1S/C16H19F3N2O3/c17-16(18,19)13-3-1-12(2-4-13)15(22)21-7-5-20(6-8-21)11-14-23-9-10-24-14/h1-4,14H,5-11H2. The lowest BCUT2D eigenvalue weighted by Gasteiger charge is -2.35. The first kappa shape index (κ1) is 17.2. The molecule has 2 fully saturated rings. The van der Waals surface area contributed by atoms with Crippen LogP contribution in [0.3, 0.4) is 0 Å². The number of halogens is 3. The Balaban J connectivity index is 1.53. The molecule has 1 aromatic rings. The Morgan fingerprint density at radius 1 is 1.04 bits per heavy atom. The Morgan fingerprint density at radius 3 is 2.17 bits per heavy atom. The molecule has 5 nitrogen and oxygen atoms in total. The summed E-state index contributed by atoms with van der Waals surface area (Å²) in [4.78, 5) is 16.2. The number of ether oxygens (including phenoxy) is 2. The van der Waals surface area contributed by atoms with Gasteiger partial charge in [0.25, 0.3) is 5.91 Å². The highest BCUT2D eigenvalue weighted by atomic mass is 19.4. The Labute approximate surface area is 137 Å². The smallest absolute Gasteiger partial charge is 0.349 e. The fraction of sp³-hybridized carbons (Fsp3) is 0.562.